The first kappa shape index (κ1) is 18.7. The molecule has 0 unspecified atom stereocenters. The Labute approximate surface area is 162 Å². The Balaban J connectivity index is 1.62. The summed E-state index contributed by atoms with van der Waals surface area (Å²) in [5, 5.41) is 6.59. The van der Waals surface area contributed by atoms with Crippen LogP contribution in [0.2, 0.25) is 5.02 Å². The van der Waals surface area contributed by atoms with E-state index in [0.717, 1.165) is 22.6 Å². The minimum Gasteiger partial charge on any atom is -0.496 e. The first-order chi connectivity index (χ1) is 13.1. The van der Waals surface area contributed by atoms with Crippen molar-refractivity contribution in [2.75, 3.05) is 12.4 Å². The van der Waals surface area contributed by atoms with Crippen molar-refractivity contribution in [3.05, 3.63) is 76.7 Å². The number of carbonyl (C=O) groups is 1. The van der Waals surface area contributed by atoms with E-state index in [1.807, 2.05) is 49.4 Å². The maximum atomic E-state index is 12.3. The Hall–Kier alpha value is -3.12. The van der Waals surface area contributed by atoms with Crippen LogP contribution in [-0.2, 0) is 6.54 Å². The van der Waals surface area contributed by atoms with Crippen molar-refractivity contribution in [2.45, 2.75) is 13.5 Å². The second-order valence-corrected chi connectivity index (χ2v) is 6.28. The minimum atomic E-state index is -0.307. The molecule has 1 amide bonds. The summed E-state index contributed by atoms with van der Waals surface area (Å²) < 4.78 is 5.27. The summed E-state index contributed by atoms with van der Waals surface area (Å²) in [4.78, 5) is 20.7. The highest BCUT2D eigenvalue weighted by Gasteiger charge is 2.10. The van der Waals surface area contributed by atoms with Crippen LogP contribution in [0, 0.1) is 6.92 Å². The molecule has 6 nitrogen and oxygen atoms in total. The van der Waals surface area contributed by atoms with E-state index in [-0.39, 0.29) is 11.6 Å². The second-order valence-electron chi connectivity index (χ2n) is 5.87. The molecule has 0 aliphatic heterocycles. The van der Waals surface area contributed by atoms with Crippen molar-refractivity contribution in [2.24, 2.45) is 0 Å². The summed E-state index contributed by atoms with van der Waals surface area (Å²) in [6.07, 6.45) is 2.93. The van der Waals surface area contributed by atoms with Crippen LogP contribution in [0.5, 0.6) is 5.75 Å². The van der Waals surface area contributed by atoms with E-state index in [1.165, 1.54) is 12.4 Å². The molecule has 3 aromatic rings. The lowest BCUT2D eigenvalue weighted by atomic mass is 10.2. The van der Waals surface area contributed by atoms with Gasteiger partial charge >= 0.3 is 0 Å². The fourth-order valence-electron chi connectivity index (χ4n) is 2.44. The van der Waals surface area contributed by atoms with Crippen LogP contribution in [0.15, 0.2) is 54.9 Å². The molecule has 7 heteroatoms. The number of ether oxygens (including phenoxy) is 1. The van der Waals surface area contributed by atoms with Gasteiger partial charge in [-0.1, -0.05) is 35.9 Å². The maximum Gasteiger partial charge on any atom is 0.271 e. The van der Waals surface area contributed by atoms with Crippen LogP contribution in [0.1, 0.15) is 21.6 Å². The minimum absolute atomic E-state index is 0.234. The van der Waals surface area contributed by atoms with Crippen molar-refractivity contribution in [1.82, 2.24) is 15.3 Å². The fourth-order valence-corrected chi connectivity index (χ4v) is 2.62. The van der Waals surface area contributed by atoms with Crippen LogP contribution in [0.3, 0.4) is 0 Å². The zero-order chi connectivity index (χ0) is 19.2. The van der Waals surface area contributed by atoms with Gasteiger partial charge in [-0.05, 0) is 30.7 Å². The lowest BCUT2D eigenvalue weighted by Crippen LogP contribution is -2.24. The number of aryl methyl sites for hydroxylation is 1. The molecular weight excluding hydrogens is 364 g/mol. The number of halogens is 1. The van der Waals surface area contributed by atoms with E-state index in [9.17, 15) is 4.79 Å². The molecule has 0 aliphatic carbocycles. The van der Waals surface area contributed by atoms with E-state index in [2.05, 4.69) is 20.6 Å². The van der Waals surface area contributed by atoms with Crippen LogP contribution in [-0.4, -0.2) is 23.0 Å². The number of hydrogen-bond donors (Lipinski definition) is 2. The largest absolute Gasteiger partial charge is 0.496 e. The van der Waals surface area contributed by atoms with E-state index < -0.39 is 0 Å². The van der Waals surface area contributed by atoms with Crippen molar-refractivity contribution in [3.63, 3.8) is 0 Å². The summed E-state index contributed by atoms with van der Waals surface area (Å²) in [5.74, 6) is 0.940. The molecule has 0 fully saturated rings. The zero-order valence-electron chi connectivity index (χ0n) is 15.0. The summed E-state index contributed by atoms with van der Waals surface area (Å²) in [5.41, 5.74) is 2.91. The predicted octanol–water partition coefficient (Wildman–Crippen LogP) is 4.12. The molecule has 1 heterocycles. The smallest absolute Gasteiger partial charge is 0.271 e. The van der Waals surface area contributed by atoms with E-state index >= 15 is 0 Å². The van der Waals surface area contributed by atoms with Crippen molar-refractivity contribution >= 4 is 29.0 Å². The third-order valence-electron chi connectivity index (χ3n) is 3.96. The van der Waals surface area contributed by atoms with Gasteiger partial charge in [-0.15, -0.1) is 0 Å². The van der Waals surface area contributed by atoms with Gasteiger partial charge in [-0.3, -0.25) is 4.79 Å². The number of aromatic nitrogens is 2. The van der Waals surface area contributed by atoms with Gasteiger partial charge in [-0.2, -0.15) is 0 Å². The number of amides is 1. The number of rotatable bonds is 6. The SMILES string of the molecule is COc1ccccc1CNC(=O)c1cnc(Nc2ccc(C)c(Cl)c2)cn1. The van der Waals surface area contributed by atoms with Crippen molar-refractivity contribution in [3.8, 4) is 5.75 Å². The number of hydrogen-bond acceptors (Lipinski definition) is 5. The standard InChI is InChI=1S/C20H19ClN4O2/c1-13-7-8-15(9-16(13)21)25-19-12-22-17(11-23-19)20(26)24-10-14-5-3-4-6-18(14)27-2/h3-9,11-12H,10H2,1-2H3,(H,23,25)(H,24,26). The lowest BCUT2D eigenvalue weighted by Gasteiger charge is -2.10. The quantitative estimate of drug-likeness (QED) is 0.670. The maximum absolute atomic E-state index is 12.3. The third-order valence-corrected chi connectivity index (χ3v) is 4.37. The first-order valence-corrected chi connectivity index (χ1v) is 8.70. The molecule has 0 saturated heterocycles. The molecule has 0 saturated carbocycles. The van der Waals surface area contributed by atoms with E-state index in [0.29, 0.717) is 17.4 Å². The van der Waals surface area contributed by atoms with Gasteiger partial charge in [0.05, 0.1) is 19.5 Å². The van der Waals surface area contributed by atoms with E-state index in [1.54, 1.807) is 7.11 Å². The Morgan fingerprint density at radius 1 is 1.15 bits per heavy atom. The van der Waals surface area contributed by atoms with Gasteiger partial charge in [-0.25, -0.2) is 9.97 Å². The average molecular weight is 383 g/mol. The van der Waals surface area contributed by atoms with Crippen LogP contribution < -0.4 is 15.4 Å². The molecule has 0 radical (unpaired) electrons. The molecular formula is C20H19ClN4O2. The van der Waals surface area contributed by atoms with Gasteiger partial charge in [0.15, 0.2) is 0 Å². The summed E-state index contributed by atoms with van der Waals surface area (Å²) in [7, 11) is 1.60. The van der Waals surface area contributed by atoms with Crippen molar-refractivity contribution < 1.29 is 9.53 Å². The first-order valence-electron chi connectivity index (χ1n) is 8.32. The van der Waals surface area contributed by atoms with Gasteiger partial charge in [0, 0.05) is 22.8 Å². The second kappa shape index (κ2) is 8.51. The van der Waals surface area contributed by atoms with Gasteiger partial charge in [0.25, 0.3) is 5.91 Å². The summed E-state index contributed by atoms with van der Waals surface area (Å²) in [6.45, 7) is 2.27. The number of carbonyl (C=O) groups excluding carboxylic acids is 1. The molecule has 3 rings (SSSR count). The Morgan fingerprint density at radius 3 is 2.67 bits per heavy atom. The predicted molar refractivity (Wildman–Crippen MR) is 106 cm³/mol. The topological polar surface area (TPSA) is 76.1 Å². The average Bonchev–Trinajstić information content (AvgIpc) is 2.69. The lowest BCUT2D eigenvalue weighted by molar-refractivity contribution is 0.0945. The highest BCUT2D eigenvalue weighted by Crippen LogP contribution is 2.22. The number of para-hydroxylation sites is 1. The van der Waals surface area contributed by atoms with Gasteiger partial charge < -0.3 is 15.4 Å². The Morgan fingerprint density at radius 2 is 1.96 bits per heavy atom. The molecule has 138 valence electrons. The Bertz CT molecular complexity index is 945. The van der Waals surface area contributed by atoms with Crippen LogP contribution in [0.25, 0.3) is 0 Å². The Kier molecular flexibility index (Phi) is 5.88. The number of methoxy groups -OCH3 is 1. The molecule has 0 atom stereocenters. The number of nitrogens with zero attached hydrogens (tertiary/aromatic N) is 2. The number of benzene rings is 2. The van der Waals surface area contributed by atoms with Crippen LogP contribution in [0.4, 0.5) is 11.5 Å². The molecule has 2 N–H and O–H groups in total. The highest BCUT2D eigenvalue weighted by molar-refractivity contribution is 6.31. The molecule has 27 heavy (non-hydrogen) atoms. The number of anilines is 2. The monoisotopic (exact) mass is 382 g/mol. The summed E-state index contributed by atoms with van der Waals surface area (Å²) >= 11 is 6.12. The van der Waals surface area contributed by atoms with Crippen molar-refractivity contribution in [1.29, 1.82) is 0 Å². The highest BCUT2D eigenvalue weighted by atomic mass is 35.5. The fraction of sp³-hybridized carbons (Fsp3) is 0.150. The third kappa shape index (κ3) is 4.74. The normalized spacial score (nSPS) is 10.3. The molecule has 0 aliphatic rings. The van der Waals surface area contributed by atoms with Gasteiger partial charge in [0.2, 0.25) is 0 Å². The molecule has 0 spiro atoms. The molecule has 0 bridgehead atoms. The van der Waals surface area contributed by atoms with Gasteiger partial charge in [0.1, 0.15) is 17.3 Å². The van der Waals surface area contributed by atoms with Crippen LogP contribution >= 0.6 is 11.6 Å². The molecule has 1 aromatic heterocycles. The zero-order valence-corrected chi connectivity index (χ0v) is 15.7. The van der Waals surface area contributed by atoms with E-state index in [4.69, 9.17) is 16.3 Å². The number of nitrogens with one attached hydrogen (secondary N) is 2. The summed E-state index contributed by atoms with van der Waals surface area (Å²) in [6, 6.07) is 13.1. The molecule has 2 aromatic carbocycles.